The molecule has 100 valence electrons. The summed E-state index contributed by atoms with van der Waals surface area (Å²) in [7, 11) is 0. The smallest absolute Gasteiger partial charge is 0.0666 e. The summed E-state index contributed by atoms with van der Waals surface area (Å²) in [6.45, 7) is 0.774. The molecule has 3 rings (SSSR count). The van der Waals surface area contributed by atoms with E-state index in [1.54, 1.807) is 6.20 Å². The van der Waals surface area contributed by atoms with Gasteiger partial charge in [-0.3, -0.25) is 0 Å². The second kappa shape index (κ2) is 5.45. The minimum absolute atomic E-state index is 0.512. The van der Waals surface area contributed by atoms with Gasteiger partial charge in [0.1, 0.15) is 0 Å². The molecule has 1 saturated carbocycles. The molecule has 0 bridgehead atoms. The van der Waals surface area contributed by atoms with Crippen molar-refractivity contribution in [2.75, 3.05) is 11.9 Å². The van der Waals surface area contributed by atoms with Crippen molar-refractivity contribution in [1.82, 2.24) is 9.78 Å². The molecular formula is C15H20N4. The van der Waals surface area contributed by atoms with Crippen LogP contribution in [-0.2, 0) is 0 Å². The van der Waals surface area contributed by atoms with Gasteiger partial charge in [-0.05, 0) is 49.6 Å². The van der Waals surface area contributed by atoms with E-state index in [4.69, 9.17) is 5.73 Å². The highest BCUT2D eigenvalue weighted by atomic mass is 15.3. The van der Waals surface area contributed by atoms with Crippen LogP contribution >= 0.6 is 0 Å². The average molecular weight is 256 g/mol. The number of rotatable bonds is 4. The van der Waals surface area contributed by atoms with Crippen LogP contribution in [0.4, 0.5) is 5.69 Å². The zero-order valence-electron chi connectivity index (χ0n) is 11.0. The molecule has 1 aromatic carbocycles. The first-order chi connectivity index (χ1) is 9.36. The molecule has 3 N–H and O–H groups in total. The first-order valence-corrected chi connectivity index (χ1v) is 6.93. The van der Waals surface area contributed by atoms with Crippen LogP contribution in [0.25, 0.3) is 5.69 Å². The number of nitrogens with zero attached hydrogens (tertiary/aromatic N) is 2. The number of hydrogen-bond donors (Lipinski definition) is 2. The largest absolute Gasteiger partial charge is 0.382 e. The predicted octanol–water partition coefficient (Wildman–Crippen LogP) is 2.41. The Hall–Kier alpha value is -1.81. The van der Waals surface area contributed by atoms with E-state index in [-0.39, 0.29) is 0 Å². The van der Waals surface area contributed by atoms with Gasteiger partial charge >= 0.3 is 0 Å². The third-order valence-electron chi connectivity index (χ3n) is 3.93. The van der Waals surface area contributed by atoms with E-state index in [0.717, 1.165) is 17.9 Å². The van der Waals surface area contributed by atoms with Crippen LogP contribution in [0.5, 0.6) is 0 Å². The van der Waals surface area contributed by atoms with Gasteiger partial charge < -0.3 is 11.1 Å². The monoisotopic (exact) mass is 256 g/mol. The summed E-state index contributed by atoms with van der Waals surface area (Å²) in [5.74, 6) is 0.605. The summed E-state index contributed by atoms with van der Waals surface area (Å²) in [6, 6.07) is 10.8. The van der Waals surface area contributed by atoms with Crippen molar-refractivity contribution in [3.63, 3.8) is 0 Å². The second-order valence-electron chi connectivity index (χ2n) is 5.18. The molecule has 4 nitrogen and oxygen atoms in total. The van der Waals surface area contributed by atoms with E-state index in [0.29, 0.717) is 12.0 Å². The van der Waals surface area contributed by atoms with Crippen molar-refractivity contribution in [2.45, 2.75) is 25.3 Å². The van der Waals surface area contributed by atoms with Gasteiger partial charge in [0.15, 0.2) is 0 Å². The Labute approximate surface area is 113 Å². The number of nitrogens with one attached hydrogen (secondary N) is 1. The molecule has 4 heteroatoms. The molecule has 19 heavy (non-hydrogen) atoms. The molecule has 2 atom stereocenters. The van der Waals surface area contributed by atoms with Gasteiger partial charge in [-0.25, -0.2) is 4.68 Å². The first-order valence-electron chi connectivity index (χ1n) is 6.93. The van der Waals surface area contributed by atoms with Gasteiger partial charge in [-0.15, -0.1) is 0 Å². The van der Waals surface area contributed by atoms with Gasteiger partial charge in [0.25, 0.3) is 0 Å². The van der Waals surface area contributed by atoms with Crippen molar-refractivity contribution in [2.24, 2.45) is 11.7 Å². The van der Waals surface area contributed by atoms with E-state index in [1.807, 2.05) is 16.9 Å². The maximum Gasteiger partial charge on any atom is 0.0666 e. The van der Waals surface area contributed by atoms with Crippen molar-refractivity contribution < 1.29 is 0 Å². The Morgan fingerprint density at radius 3 is 3.05 bits per heavy atom. The highest BCUT2D eigenvalue weighted by Gasteiger charge is 2.25. The van der Waals surface area contributed by atoms with Gasteiger partial charge in [-0.1, -0.05) is 12.5 Å². The van der Waals surface area contributed by atoms with Gasteiger partial charge in [0, 0.05) is 24.1 Å². The summed E-state index contributed by atoms with van der Waals surface area (Å²) in [4.78, 5) is 0. The molecule has 0 radical (unpaired) electrons. The van der Waals surface area contributed by atoms with E-state index in [2.05, 4.69) is 34.7 Å². The molecule has 1 fully saturated rings. The molecule has 2 aromatic rings. The number of anilines is 1. The van der Waals surface area contributed by atoms with Crippen molar-refractivity contribution >= 4 is 5.69 Å². The number of aromatic nitrogens is 2. The SMILES string of the molecule is NCC1CCCC1Nc1cccc(-n2cccn2)c1. The molecule has 0 aliphatic heterocycles. The highest BCUT2D eigenvalue weighted by molar-refractivity contribution is 5.51. The molecule has 0 spiro atoms. The molecule has 1 aliphatic rings. The van der Waals surface area contributed by atoms with Crippen LogP contribution in [0, 0.1) is 5.92 Å². The highest BCUT2D eigenvalue weighted by Crippen LogP contribution is 2.28. The Morgan fingerprint density at radius 2 is 2.26 bits per heavy atom. The topological polar surface area (TPSA) is 55.9 Å². The Kier molecular flexibility index (Phi) is 3.51. The fourth-order valence-corrected chi connectivity index (χ4v) is 2.88. The second-order valence-corrected chi connectivity index (χ2v) is 5.18. The predicted molar refractivity (Wildman–Crippen MR) is 77.4 cm³/mol. The molecule has 0 saturated heterocycles. The number of hydrogen-bond acceptors (Lipinski definition) is 3. The quantitative estimate of drug-likeness (QED) is 0.883. The molecule has 1 aliphatic carbocycles. The van der Waals surface area contributed by atoms with Gasteiger partial charge in [-0.2, -0.15) is 5.10 Å². The van der Waals surface area contributed by atoms with E-state index < -0.39 is 0 Å². The summed E-state index contributed by atoms with van der Waals surface area (Å²) in [5, 5.41) is 7.88. The Balaban J connectivity index is 1.76. The zero-order valence-corrected chi connectivity index (χ0v) is 11.0. The molecule has 1 heterocycles. The van der Waals surface area contributed by atoms with E-state index >= 15 is 0 Å². The van der Waals surface area contributed by atoms with Crippen LogP contribution in [0.15, 0.2) is 42.7 Å². The summed E-state index contributed by atoms with van der Waals surface area (Å²) < 4.78 is 1.88. The summed E-state index contributed by atoms with van der Waals surface area (Å²) in [6.07, 6.45) is 7.48. The minimum Gasteiger partial charge on any atom is -0.382 e. The van der Waals surface area contributed by atoms with Crippen LogP contribution in [0.1, 0.15) is 19.3 Å². The molecular weight excluding hydrogens is 236 g/mol. The van der Waals surface area contributed by atoms with Gasteiger partial charge in [0.2, 0.25) is 0 Å². The van der Waals surface area contributed by atoms with Crippen molar-refractivity contribution in [3.8, 4) is 5.69 Å². The lowest BCUT2D eigenvalue weighted by Crippen LogP contribution is -2.29. The average Bonchev–Trinajstić information content (AvgIpc) is 3.10. The maximum absolute atomic E-state index is 5.83. The lowest BCUT2D eigenvalue weighted by Gasteiger charge is -2.21. The van der Waals surface area contributed by atoms with Crippen LogP contribution in [0.2, 0.25) is 0 Å². The fraction of sp³-hybridized carbons (Fsp3) is 0.400. The van der Waals surface area contributed by atoms with Gasteiger partial charge in [0.05, 0.1) is 5.69 Å². The molecule has 2 unspecified atom stereocenters. The summed E-state index contributed by atoms with van der Waals surface area (Å²) in [5.41, 5.74) is 8.06. The third-order valence-corrected chi connectivity index (χ3v) is 3.93. The van der Waals surface area contributed by atoms with Crippen molar-refractivity contribution in [1.29, 1.82) is 0 Å². The van der Waals surface area contributed by atoms with E-state index in [9.17, 15) is 0 Å². The van der Waals surface area contributed by atoms with Crippen LogP contribution < -0.4 is 11.1 Å². The lowest BCUT2D eigenvalue weighted by molar-refractivity contribution is 0.516. The zero-order chi connectivity index (χ0) is 13.1. The normalized spacial score (nSPS) is 22.6. The first kappa shape index (κ1) is 12.2. The Morgan fingerprint density at radius 1 is 1.32 bits per heavy atom. The minimum atomic E-state index is 0.512. The van der Waals surface area contributed by atoms with Crippen LogP contribution in [0.3, 0.4) is 0 Å². The number of nitrogens with two attached hydrogens (primary N) is 1. The molecule has 1 aromatic heterocycles. The van der Waals surface area contributed by atoms with Crippen molar-refractivity contribution in [3.05, 3.63) is 42.7 Å². The number of benzene rings is 1. The maximum atomic E-state index is 5.83. The fourth-order valence-electron chi connectivity index (χ4n) is 2.88. The third kappa shape index (κ3) is 2.63. The Bertz CT molecular complexity index is 521. The van der Waals surface area contributed by atoms with E-state index in [1.165, 1.54) is 19.3 Å². The standard InChI is InChI=1S/C15H20N4/c16-11-12-4-1-7-15(12)18-13-5-2-6-14(10-13)19-9-3-8-17-19/h2-3,5-6,8-10,12,15,18H,1,4,7,11,16H2. The lowest BCUT2D eigenvalue weighted by atomic mass is 10.0. The summed E-state index contributed by atoms with van der Waals surface area (Å²) >= 11 is 0. The molecule has 0 amide bonds. The van der Waals surface area contributed by atoms with Crippen LogP contribution in [-0.4, -0.2) is 22.4 Å².